The number of carbonyl (C=O) groups excluding carboxylic acids is 1. The zero-order valence-electron chi connectivity index (χ0n) is 13.5. The molecule has 4 heteroatoms. The average Bonchev–Trinajstić information content (AvgIpc) is 2.87. The molecule has 0 radical (unpaired) electrons. The Hall–Kier alpha value is -1.74. The van der Waals surface area contributed by atoms with Crippen molar-refractivity contribution in [1.29, 1.82) is 0 Å². The summed E-state index contributed by atoms with van der Waals surface area (Å²) < 4.78 is 2.26. The van der Waals surface area contributed by atoms with E-state index in [9.17, 15) is 4.79 Å². The van der Waals surface area contributed by atoms with E-state index in [1.807, 2.05) is 37.3 Å². The van der Waals surface area contributed by atoms with Gasteiger partial charge in [0, 0.05) is 23.0 Å². The molecule has 1 aromatic carbocycles. The Morgan fingerprint density at radius 3 is 2.48 bits per heavy atom. The molecule has 1 aliphatic carbocycles. The second-order valence-electron chi connectivity index (χ2n) is 6.51. The first kappa shape index (κ1) is 16.1. The molecule has 2 N–H and O–H groups in total. The van der Waals surface area contributed by atoms with Crippen LogP contribution in [0.15, 0.2) is 30.3 Å². The van der Waals surface area contributed by atoms with Crippen molar-refractivity contribution in [3.63, 3.8) is 0 Å². The minimum absolute atomic E-state index is 0.361. The number of hydrogen-bond donors (Lipinski definition) is 1. The largest absolute Gasteiger partial charge is 0.366 e. The van der Waals surface area contributed by atoms with Crippen molar-refractivity contribution in [2.45, 2.75) is 45.6 Å². The molecule has 1 heterocycles. The summed E-state index contributed by atoms with van der Waals surface area (Å²) in [4.78, 5) is 11.8. The van der Waals surface area contributed by atoms with Crippen LogP contribution in [0.3, 0.4) is 0 Å². The predicted octanol–water partition coefficient (Wildman–Crippen LogP) is 4.80. The Kier molecular flexibility index (Phi) is 4.76. The number of amides is 1. The van der Waals surface area contributed by atoms with Gasteiger partial charge in [-0.1, -0.05) is 43.0 Å². The van der Waals surface area contributed by atoms with E-state index in [2.05, 4.69) is 4.57 Å². The van der Waals surface area contributed by atoms with Gasteiger partial charge in [0.2, 0.25) is 0 Å². The predicted molar refractivity (Wildman–Crippen MR) is 94.7 cm³/mol. The first-order valence-electron chi connectivity index (χ1n) is 8.32. The Morgan fingerprint density at radius 1 is 1.22 bits per heavy atom. The molecule has 122 valence electrons. The van der Waals surface area contributed by atoms with Crippen LogP contribution in [-0.2, 0) is 6.54 Å². The third kappa shape index (κ3) is 3.45. The lowest BCUT2D eigenvalue weighted by molar-refractivity contribution is 0.0999. The van der Waals surface area contributed by atoms with E-state index in [4.69, 9.17) is 17.3 Å². The fraction of sp³-hybridized carbons (Fsp3) is 0.421. The Balaban J connectivity index is 2.00. The third-order valence-electron chi connectivity index (χ3n) is 4.94. The number of carbonyl (C=O) groups is 1. The SMILES string of the molecule is Cc1c(C(N)=O)cc(-c2ccc(Cl)cc2)n1CC1CCCCC1. The molecule has 0 bridgehead atoms. The summed E-state index contributed by atoms with van der Waals surface area (Å²) in [5, 5.41) is 0.714. The number of hydrogen-bond acceptors (Lipinski definition) is 1. The van der Waals surface area contributed by atoms with Crippen LogP contribution < -0.4 is 5.73 Å². The Labute approximate surface area is 142 Å². The maximum Gasteiger partial charge on any atom is 0.250 e. The lowest BCUT2D eigenvalue weighted by Gasteiger charge is -2.24. The van der Waals surface area contributed by atoms with Crippen LogP contribution in [0.4, 0.5) is 0 Å². The van der Waals surface area contributed by atoms with Gasteiger partial charge in [0.1, 0.15) is 0 Å². The van der Waals surface area contributed by atoms with Crippen LogP contribution in [0.5, 0.6) is 0 Å². The van der Waals surface area contributed by atoms with Crippen LogP contribution in [0.1, 0.15) is 48.2 Å². The Morgan fingerprint density at radius 2 is 1.87 bits per heavy atom. The summed E-state index contributed by atoms with van der Waals surface area (Å²) >= 11 is 6.00. The highest BCUT2D eigenvalue weighted by Gasteiger charge is 2.20. The second kappa shape index (κ2) is 6.79. The average molecular weight is 331 g/mol. The highest BCUT2D eigenvalue weighted by molar-refractivity contribution is 6.30. The fourth-order valence-electron chi connectivity index (χ4n) is 3.62. The highest BCUT2D eigenvalue weighted by Crippen LogP contribution is 2.31. The van der Waals surface area contributed by atoms with E-state index < -0.39 is 0 Å². The lowest BCUT2D eigenvalue weighted by atomic mass is 9.89. The molecule has 1 aliphatic rings. The quantitative estimate of drug-likeness (QED) is 0.860. The second-order valence-corrected chi connectivity index (χ2v) is 6.95. The van der Waals surface area contributed by atoms with Crippen molar-refractivity contribution < 1.29 is 4.79 Å². The van der Waals surface area contributed by atoms with E-state index >= 15 is 0 Å². The molecule has 3 nitrogen and oxygen atoms in total. The molecule has 1 fully saturated rings. The van der Waals surface area contributed by atoms with Gasteiger partial charge in [-0.2, -0.15) is 0 Å². The monoisotopic (exact) mass is 330 g/mol. The zero-order valence-corrected chi connectivity index (χ0v) is 14.3. The number of nitrogens with zero attached hydrogens (tertiary/aromatic N) is 1. The molecule has 0 unspecified atom stereocenters. The summed E-state index contributed by atoms with van der Waals surface area (Å²) in [5.41, 5.74) is 9.27. The van der Waals surface area contributed by atoms with Gasteiger partial charge in [0.15, 0.2) is 0 Å². The van der Waals surface area contributed by atoms with Gasteiger partial charge in [0.05, 0.1) is 5.56 Å². The van der Waals surface area contributed by atoms with Gasteiger partial charge in [-0.05, 0) is 49.4 Å². The molecule has 2 aromatic rings. The number of rotatable bonds is 4. The summed E-state index contributed by atoms with van der Waals surface area (Å²) in [6, 6.07) is 9.68. The van der Waals surface area contributed by atoms with Crippen molar-refractivity contribution >= 4 is 17.5 Å². The summed E-state index contributed by atoms with van der Waals surface area (Å²) in [6.45, 7) is 2.94. The van der Waals surface area contributed by atoms with Crippen molar-refractivity contribution in [3.05, 3.63) is 46.6 Å². The van der Waals surface area contributed by atoms with Gasteiger partial charge in [0.25, 0.3) is 5.91 Å². The van der Waals surface area contributed by atoms with E-state index in [1.54, 1.807) is 0 Å². The van der Waals surface area contributed by atoms with Crippen molar-refractivity contribution in [2.24, 2.45) is 11.7 Å². The molecule has 0 saturated heterocycles. The van der Waals surface area contributed by atoms with Crippen LogP contribution in [-0.4, -0.2) is 10.5 Å². The fourth-order valence-corrected chi connectivity index (χ4v) is 3.74. The number of aromatic nitrogens is 1. The molecular formula is C19H23ClN2O. The maximum atomic E-state index is 11.8. The molecule has 0 aliphatic heterocycles. The van der Waals surface area contributed by atoms with Gasteiger partial charge >= 0.3 is 0 Å². The number of nitrogens with two attached hydrogens (primary N) is 1. The smallest absolute Gasteiger partial charge is 0.250 e. The molecule has 0 spiro atoms. The minimum Gasteiger partial charge on any atom is -0.366 e. The Bertz CT molecular complexity index is 697. The molecule has 3 rings (SSSR count). The van der Waals surface area contributed by atoms with Crippen LogP contribution in [0.25, 0.3) is 11.3 Å². The number of primary amides is 1. The maximum absolute atomic E-state index is 11.8. The first-order valence-corrected chi connectivity index (χ1v) is 8.70. The first-order chi connectivity index (χ1) is 11.1. The van der Waals surface area contributed by atoms with E-state index in [-0.39, 0.29) is 5.91 Å². The standard InChI is InChI=1S/C19H23ClN2O/c1-13-17(19(21)23)11-18(15-7-9-16(20)10-8-15)22(13)12-14-5-3-2-4-6-14/h7-11,14H,2-6,12H2,1H3,(H2,21,23). The summed E-state index contributed by atoms with van der Waals surface area (Å²) in [7, 11) is 0. The summed E-state index contributed by atoms with van der Waals surface area (Å²) in [5.74, 6) is 0.321. The zero-order chi connectivity index (χ0) is 16.4. The van der Waals surface area contributed by atoms with E-state index in [0.717, 1.165) is 23.5 Å². The minimum atomic E-state index is -0.361. The lowest BCUT2D eigenvalue weighted by Crippen LogP contribution is -2.17. The number of benzene rings is 1. The summed E-state index contributed by atoms with van der Waals surface area (Å²) in [6.07, 6.45) is 6.50. The van der Waals surface area contributed by atoms with Gasteiger partial charge in [-0.25, -0.2) is 0 Å². The molecule has 1 saturated carbocycles. The van der Waals surface area contributed by atoms with Gasteiger partial charge in [-0.15, -0.1) is 0 Å². The normalized spacial score (nSPS) is 15.7. The molecule has 1 amide bonds. The van der Waals surface area contributed by atoms with Crippen molar-refractivity contribution in [1.82, 2.24) is 4.57 Å². The van der Waals surface area contributed by atoms with E-state index in [1.165, 1.54) is 32.1 Å². The van der Waals surface area contributed by atoms with Gasteiger partial charge < -0.3 is 10.3 Å². The highest BCUT2D eigenvalue weighted by atomic mass is 35.5. The van der Waals surface area contributed by atoms with Crippen LogP contribution in [0.2, 0.25) is 5.02 Å². The topological polar surface area (TPSA) is 48.0 Å². The van der Waals surface area contributed by atoms with Crippen molar-refractivity contribution in [3.8, 4) is 11.3 Å². The van der Waals surface area contributed by atoms with Gasteiger partial charge in [-0.3, -0.25) is 4.79 Å². The molecule has 1 aromatic heterocycles. The van der Waals surface area contributed by atoms with Crippen molar-refractivity contribution in [2.75, 3.05) is 0 Å². The molecule has 0 atom stereocenters. The molecule has 23 heavy (non-hydrogen) atoms. The number of halogens is 1. The third-order valence-corrected chi connectivity index (χ3v) is 5.19. The van der Waals surface area contributed by atoms with E-state index in [0.29, 0.717) is 16.5 Å². The molecular weight excluding hydrogens is 308 g/mol. The van der Waals surface area contributed by atoms with Crippen LogP contribution >= 0.6 is 11.6 Å². The van der Waals surface area contributed by atoms with Crippen LogP contribution in [0, 0.1) is 12.8 Å².